The van der Waals surface area contributed by atoms with Gasteiger partial charge >= 0.3 is 0 Å². The van der Waals surface area contributed by atoms with Crippen LogP contribution in [0, 0.1) is 11.8 Å². The van der Waals surface area contributed by atoms with Gasteiger partial charge in [0.05, 0.1) is 0 Å². The predicted octanol–water partition coefficient (Wildman–Crippen LogP) is 1.35. The lowest BCUT2D eigenvalue weighted by atomic mass is 9.95. The van der Waals surface area contributed by atoms with E-state index >= 15 is 0 Å². The summed E-state index contributed by atoms with van der Waals surface area (Å²) in [6.45, 7) is 7.07. The number of hydrogen-bond acceptors (Lipinski definition) is 4. The molecule has 0 heterocycles. The number of hydroxylamine groups is 1. The molecule has 0 fully saturated rings. The standard InChI is InChI=1S/C18H23N3O3/c1-12(2)6-5-7-13-8-10-14(11-9-13)16(22)20-15(17(23)21-24)18(3,4)19/h6,8-11,15,24H,19H2,1-4H3,(H,20,22)(H,21,23). The minimum atomic E-state index is -1.08. The van der Waals surface area contributed by atoms with E-state index in [0.29, 0.717) is 5.56 Å². The second-order valence-electron chi connectivity index (χ2n) is 6.27. The zero-order valence-corrected chi connectivity index (χ0v) is 14.3. The molecular weight excluding hydrogens is 306 g/mol. The van der Waals surface area contributed by atoms with Gasteiger partial charge in [0.15, 0.2) is 0 Å². The fourth-order valence-electron chi connectivity index (χ4n) is 1.84. The molecule has 1 aromatic carbocycles. The lowest BCUT2D eigenvalue weighted by molar-refractivity contribution is -0.132. The van der Waals surface area contributed by atoms with Gasteiger partial charge in [-0.2, -0.15) is 0 Å². The molecule has 128 valence electrons. The summed E-state index contributed by atoms with van der Waals surface area (Å²) < 4.78 is 0. The summed E-state index contributed by atoms with van der Waals surface area (Å²) in [5.74, 6) is 4.63. The van der Waals surface area contributed by atoms with E-state index in [1.807, 2.05) is 19.9 Å². The topological polar surface area (TPSA) is 104 Å². The number of carbonyl (C=O) groups is 2. The van der Waals surface area contributed by atoms with E-state index in [1.54, 1.807) is 38.1 Å². The Balaban J connectivity index is 2.89. The maximum atomic E-state index is 12.3. The van der Waals surface area contributed by atoms with Crippen LogP contribution in [0.3, 0.4) is 0 Å². The number of nitrogens with two attached hydrogens (primary N) is 1. The fourth-order valence-corrected chi connectivity index (χ4v) is 1.84. The molecule has 1 rings (SSSR count). The monoisotopic (exact) mass is 329 g/mol. The summed E-state index contributed by atoms with van der Waals surface area (Å²) >= 11 is 0. The lowest BCUT2D eigenvalue weighted by Gasteiger charge is -2.29. The van der Waals surface area contributed by atoms with Crippen LogP contribution in [0.1, 0.15) is 43.6 Å². The molecule has 0 spiro atoms. The zero-order valence-electron chi connectivity index (χ0n) is 14.3. The first kappa shape index (κ1) is 19.4. The van der Waals surface area contributed by atoms with Crippen molar-refractivity contribution < 1.29 is 14.8 Å². The molecule has 2 amide bonds. The van der Waals surface area contributed by atoms with Gasteiger partial charge < -0.3 is 11.1 Å². The maximum Gasteiger partial charge on any atom is 0.267 e. The number of allylic oxidation sites excluding steroid dienone is 2. The van der Waals surface area contributed by atoms with E-state index in [2.05, 4.69) is 17.2 Å². The van der Waals surface area contributed by atoms with Crippen LogP contribution in [0.5, 0.6) is 0 Å². The molecular formula is C18H23N3O3. The van der Waals surface area contributed by atoms with Gasteiger partial charge in [-0.25, -0.2) is 5.48 Å². The molecule has 0 bridgehead atoms. The van der Waals surface area contributed by atoms with Gasteiger partial charge in [0.1, 0.15) is 6.04 Å². The van der Waals surface area contributed by atoms with Crippen molar-refractivity contribution in [1.29, 1.82) is 0 Å². The maximum absolute atomic E-state index is 12.3. The van der Waals surface area contributed by atoms with Gasteiger partial charge in [-0.3, -0.25) is 14.8 Å². The van der Waals surface area contributed by atoms with E-state index in [1.165, 1.54) is 5.48 Å². The quantitative estimate of drug-likeness (QED) is 0.380. The van der Waals surface area contributed by atoms with Crippen LogP contribution in [-0.2, 0) is 4.79 Å². The largest absolute Gasteiger partial charge is 0.338 e. The van der Waals surface area contributed by atoms with Gasteiger partial charge in [-0.15, -0.1) is 0 Å². The third kappa shape index (κ3) is 5.88. The first-order valence-electron chi connectivity index (χ1n) is 7.44. The number of rotatable bonds is 4. The molecule has 0 saturated heterocycles. The molecule has 0 aromatic heterocycles. The van der Waals surface area contributed by atoms with E-state index in [4.69, 9.17) is 10.9 Å². The number of amides is 2. The van der Waals surface area contributed by atoms with Gasteiger partial charge in [0.2, 0.25) is 0 Å². The van der Waals surface area contributed by atoms with Crippen LogP contribution in [0.4, 0.5) is 0 Å². The summed E-state index contributed by atoms with van der Waals surface area (Å²) in [6.07, 6.45) is 1.81. The highest BCUT2D eigenvalue weighted by molar-refractivity contribution is 5.97. The Morgan fingerprint density at radius 1 is 1.25 bits per heavy atom. The molecule has 6 heteroatoms. The Morgan fingerprint density at radius 3 is 2.29 bits per heavy atom. The van der Waals surface area contributed by atoms with Crippen molar-refractivity contribution in [3.8, 4) is 11.8 Å². The minimum Gasteiger partial charge on any atom is -0.338 e. The number of carbonyl (C=O) groups excluding carboxylic acids is 2. The van der Waals surface area contributed by atoms with Gasteiger partial charge in [-0.1, -0.05) is 17.4 Å². The van der Waals surface area contributed by atoms with Crippen molar-refractivity contribution >= 4 is 11.8 Å². The van der Waals surface area contributed by atoms with E-state index in [9.17, 15) is 9.59 Å². The molecule has 1 unspecified atom stereocenters. The molecule has 0 aliphatic rings. The first-order chi connectivity index (χ1) is 11.1. The smallest absolute Gasteiger partial charge is 0.267 e. The van der Waals surface area contributed by atoms with Crippen LogP contribution in [0.2, 0.25) is 0 Å². The van der Waals surface area contributed by atoms with Crippen LogP contribution in [0.25, 0.3) is 0 Å². The Labute approximate surface area is 142 Å². The Kier molecular flexibility index (Phi) is 6.71. The fraction of sp³-hybridized carbons (Fsp3) is 0.333. The third-order valence-electron chi connectivity index (χ3n) is 3.12. The van der Waals surface area contributed by atoms with E-state index in [0.717, 1.165) is 11.1 Å². The highest BCUT2D eigenvalue weighted by atomic mass is 16.5. The Morgan fingerprint density at radius 2 is 1.83 bits per heavy atom. The molecule has 0 saturated carbocycles. The van der Waals surface area contributed by atoms with Crippen molar-refractivity contribution in [2.45, 2.75) is 39.3 Å². The third-order valence-corrected chi connectivity index (χ3v) is 3.12. The van der Waals surface area contributed by atoms with Gasteiger partial charge in [0.25, 0.3) is 11.8 Å². The summed E-state index contributed by atoms with van der Waals surface area (Å²) in [5, 5.41) is 11.3. The van der Waals surface area contributed by atoms with Crippen molar-refractivity contribution in [2.24, 2.45) is 5.73 Å². The lowest BCUT2D eigenvalue weighted by Crippen LogP contribution is -2.61. The average molecular weight is 329 g/mol. The number of benzene rings is 1. The normalized spacial score (nSPS) is 11.6. The Hall–Kier alpha value is -2.62. The van der Waals surface area contributed by atoms with Crippen LogP contribution in [0.15, 0.2) is 35.9 Å². The summed E-state index contributed by atoms with van der Waals surface area (Å²) in [7, 11) is 0. The summed E-state index contributed by atoms with van der Waals surface area (Å²) in [4.78, 5) is 23.9. The van der Waals surface area contributed by atoms with E-state index < -0.39 is 23.4 Å². The predicted molar refractivity (Wildman–Crippen MR) is 92.2 cm³/mol. The second-order valence-corrected chi connectivity index (χ2v) is 6.27. The molecule has 0 aliphatic heterocycles. The van der Waals surface area contributed by atoms with Crippen molar-refractivity contribution in [1.82, 2.24) is 10.8 Å². The summed E-state index contributed by atoms with van der Waals surface area (Å²) in [6, 6.07) is 5.58. The number of hydrogen-bond donors (Lipinski definition) is 4. The van der Waals surface area contributed by atoms with Gasteiger partial charge in [0, 0.05) is 16.7 Å². The van der Waals surface area contributed by atoms with E-state index in [-0.39, 0.29) is 0 Å². The SMILES string of the molecule is CC(C)=CC#Cc1ccc(C(=O)NC(C(=O)NO)C(C)(C)N)cc1. The molecule has 1 aromatic rings. The molecule has 6 nitrogen and oxygen atoms in total. The number of nitrogens with one attached hydrogen (secondary N) is 2. The molecule has 1 atom stereocenters. The molecule has 0 aliphatic carbocycles. The van der Waals surface area contributed by atoms with Crippen molar-refractivity contribution in [3.63, 3.8) is 0 Å². The summed E-state index contributed by atoms with van der Waals surface area (Å²) in [5.41, 5.74) is 8.59. The second kappa shape index (κ2) is 8.29. The highest BCUT2D eigenvalue weighted by Crippen LogP contribution is 2.09. The van der Waals surface area contributed by atoms with Crippen molar-refractivity contribution in [2.75, 3.05) is 0 Å². The first-order valence-corrected chi connectivity index (χ1v) is 7.44. The average Bonchev–Trinajstić information content (AvgIpc) is 2.51. The highest BCUT2D eigenvalue weighted by Gasteiger charge is 2.33. The molecule has 0 radical (unpaired) electrons. The zero-order chi connectivity index (χ0) is 18.3. The van der Waals surface area contributed by atoms with Crippen LogP contribution in [-0.4, -0.2) is 28.6 Å². The Bertz CT molecular complexity index is 685. The van der Waals surface area contributed by atoms with Crippen LogP contribution < -0.4 is 16.5 Å². The van der Waals surface area contributed by atoms with Crippen molar-refractivity contribution in [3.05, 3.63) is 47.0 Å². The molecule has 5 N–H and O–H groups in total. The van der Waals surface area contributed by atoms with Crippen LogP contribution >= 0.6 is 0 Å². The van der Waals surface area contributed by atoms with Gasteiger partial charge in [-0.05, 0) is 58.0 Å². The minimum absolute atomic E-state index is 0.364. The molecule has 24 heavy (non-hydrogen) atoms.